The maximum absolute atomic E-state index is 13.0. The van der Waals surface area contributed by atoms with Gasteiger partial charge in [-0.15, -0.1) is 0 Å². The zero-order valence-electron chi connectivity index (χ0n) is 16.6. The molecule has 1 amide bonds. The Labute approximate surface area is 163 Å². The number of amides is 1. The van der Waals surface area contributed by atoms with Gasteiger partial charge in [-0.1, -0.05) is 13.8 Å². The van der Waals surface area contributed by atoms with Gasteiger partial charge in [0.15, 0.2) is 0 Å². The van der Waals surface area contributed by atoms with E-state index >= 15 is 0 Å². The number of fused-ring (bicyclic) bond motifs is 3. The van der Waals surface area contributed by atoms with Crippen molar-refractivity contribution in [1.82, 2.24) is 19.3 Å². The first-order valence-corrected chi connectivity index (χ1v) is 9.99. The monoisotopic (exact) mass is 382 g/mol. The molecule has 1 aliphatic rings. The lowest BCUT2D eigenvalue weighted by Gasteiger charge is -2.18. The Bertz CT molecular complexity index is 1090. The fraction of sp³-hybridized carbons (Fsp3) is 0.476. The van der Waals surface area contributed by atoms with Gasteiger partial charge in [0, 0.05) is 25.1 Å². The zero-order valence-corrected chi connectivity index (χ0v) is 16.6. The van der Waals surface area contributed by atoms with Gasteiger partial charge in [-0.25, -0.2) is 4.98 Å². The molecule has 4 rings (SSSR count). The summed E-state index contributed by atoms with van der Waals surface area (Å²) in [6.45, 7) is 5.77. The van der Waals surface area contributed by atoms with Gasteiger partial charge in [0.2, 0.25) is 0 Å². The van der Waals surface area contributed by atoms with Crippen molar-refractivity contribution >= 4 is 22.5 Å². The maximum atomic E-state index is 13.0. The van der Waals surface area contributed by atoms with Gasteiger partial charge >= 0.3 is 0 Å². The van der Waals surface area contributed by atoms with E-state index in [-0.39, 0.29) is 17.4 Å². The minimum Gasteiger partial charge on any atom is -0.496 e. The highest BCUT2D eigenvalue weighted by Crippen LogP contribution is 2.30. The molecule has 7 nitrogen and oxygen atoms in total. The summed E-state index contributed by atoms with van der Waals surface area (Å²) in [5, 5.41) is 0. The van der Waals surface area contributed by atoms with E-state index in [1.165, 1.54) is 0 Å². The van der Waals surface area contributed by atoms with Gasteiger partial charge in [-0.2, -0.15) is 0 Å². The predicted octanol–water partition coefficient (Wildman–Crippen LogP) is 3.32. The molecule has 3 aromatic rings. The molecule has 0 bridgehead atoms. The van der Waals surface area contributed by atoms with Crippen LogP contribution in [0.15, 0.2) is 23.1 Å². The third-order valence-corrected chi connectivity index (χ3v) is 5.80. The van der Waals surface area contributed by atoms with Crippen molar-refractivity contribution in [2.75, 3.05) is 20.2 Å². The number of likely N-dealkylation sites (tertiary alicyclic amines) is 1. The second kappa shape index (κ2) is 7.30. The summed E-state index contributed by atoms with van der Waals surface area (Å²) >= 11 is 0. The molecule has 28 heavy (non-hydrogen) atoms. The number of ether oxygens (including phenoxy) is 1. The van der Waals surface area contributed by atoms with Crippen LogP contribution < -0.4 is 10.3 Å². The number of methoxy groups -OCH3 is 1. The van der Waals surface area contributed by atoms with E-state index in [0.29, 0.717) is 22.3 Å². The zero-order chi connectivity index (χ0) is 19.8. The van der Waals surface area contributed by atoms with Crippen molar-refractivity contribution in [2.45, 2.75) is 45.4 Å². The largest absolute Gasteiger partial charge is 0.496 e. The van der Waals surface area contributed by atoms with Crippen LogP contribution in [0.3, 0.4) is 0 Å². The number of nitrogens with zero attached hydrogens (tertiary/aromatic N) is 3. The van der Waals surface area contributed by atoms with Gasteiger partial charge < -0.3 is 14.6 Å². The molecule has 0 saturated carbocycles. The topological polar surface area (TPSA) is 79.7 Å². The number of aromatic nitrogens is 3. The Morgan fingerprint density at radius 1 is 1.21 bits per heavy atom. The third kappa shape index (κ3) is 2.85. The summed E-state index contributed by atoms with van der Waals surface area (Å²) in [7, 11) is 1.57. The molecule has 7 heteroatoms. The van der Waals surface area contributed by atoms with Crippen LogP contribution in [-0.4, -0.2) is 45.4 Å². The summed E-state index contributed by atoms with van der Waals surface area (Å²) in [5.41, 5.74) is 2.20. The van der Waals surface area contributed by atoms with Crippen molar-refractivity contribution in [2.24, 2.45) is 0 Å². The first kappa shape index (κ1) is 18.5. The molecular formula is C21H26N4O3. The number of hydrogen-bond acceptors (Lipinski definition) is 4. The average molecular weight is 382 g/mol. The van der Waals surface area contributed by atoms with Crippen molar-refractivity contribution in [1.29, 1.82) is 0 Å². The number of carbonyl (C=O) groups excluding carboxylic acids is 1. The van der Waals surface area contributed by atoms with Crippen LogP contribution in [0.25, 0.3) is 16.6 Å². The van der Waals surface area contributed by atoms with E-state index < -0.39 is 0 Å². The smallest absolute Gasteiger partial charge is 0.274 e. The molecule has 1 aromatic carbocycles. The molecule has 0 aliphatic carbocycles. The lowest BCUT2D eigenvalue weighted by atomic mass is 10.0. The Morgan fingerprint density at radius 2 is 1.93 bits per heavy atom. The van der Waals surface area contributed by atoms with E-state index in [4.69, 9.17) is 4.74 Å². The summed E-state index contributed by atoms with van der Waals surface area (Å²) in [5.74, 6) is 1.59. The molecule has 1 fully saturated rings. The van der Waals surface area contributed by atoms with Gasteiger partial charge in [-0.3, -0.25) is 14.0 Å². The van der Waals surface area contributed by atoms with E-state index in [1.54, 1.807) is 19.4 Å². The lowest BCUT2D eigenvalue weighted by Crippen LogP contribution is -2.28. The summed E-state index contributed by atoms with van der Waals surface area (Å²) in [4.78, 5) is 34.9. The summed E-state index contributed by atoms with van der Waals surface area (Å²) in [6.07, 6.45) is 5.54. The molecule has 2 aromatic heterocycles. The van der Waals surface area contributed by atoms with Crippen LogP contribution in [0.4, 0.5) is 0 Å². The first-order valence-electron chi connectivity index (χ1n) is 9.99. The summed E-state index contributed by atoms with van der Waals surface area (Å²) < 4.78 is 7.48. The second-order valence-corrected chi connectivity index (χ2v) is 7.37. The number of imidazole rings is 1. The molecule has 1 aliphatic heterocycles. The Morgan fingerprint density at radius 3 is 2.57 bits per heavy atom. The molecular weight excluding hydrogens is 356 g/mol. The minimum atomic E-state index is -0.207. The van der Waals surface area contributed by atoms with E-state index in [1.807, 2.05) is 15.4 Å². The van der Waals surface area contributed by atoms with Crippen molar-refractivity contribution in [3.63, 3.8) is 0 Å². The summed E-state index contributed by atoms with van der Waals surface area (Å²) in [6, 6.07) is 3.58. The Hall–Kier alpha value is -2.83. The van der Waals surface area contributed by atoms with Gasteiger partial charge in [0.1, 0.15) is 17.1 Å². The van der Waals surface area contributed by atoms with Crippen LogP contribution in [0.1, 0.15) is 61.6 Å². The van der Waals surface area contributed by atoms with Crippen molar-refractivity contribution in [3.8, 4) is 5.75 Å². The molecule has 0 spiro atoms. The Kier molecular flexibility index (Phi) is 4.83. The maximum Gasteiger partial charge on any atom is 0.274 e. The number of H-pyrrole nitrogens is 1. The van der Waals surface area contributed by atoms with E-state index in [9.17, 15) is 9.59 Å². The number of carbonyl (C=O) groups is 1. The number of hydrogen-bond donors (Lipinski definition) is 1. The average Bonchev–Trinajstić information content (AvgIpc) is 3.39. The van der Waals surface area contributed by atoms with Crippen LogP contribution in [0, 0.1) is 0 Å². The fourth-order valence-corrected chi connectivity index (χ4v) is 4.19. The number of rotatable bonds is 5. The number of nitrogens with one attached hydrogen (secondary N) is 1. The molecule has 0 atom stereocenters. The van der Waals surface area contributed by atoms with Gasteiger partial charge in [0.05, 0.1) is 29.9 Å². The van der Waals surface area contributed by atoms with Crippen LogP contribution >= 0.6 is 0 Å². The van der Waals surface area contributed by atoms with Crippen LogP contribution in [-0.2, 0) is 0 Å². The van der Waals surface area contributed by atoms with Gasteiger partial charge in [0.25, 0.3) is 11.5 Å². The van der Waals surface area contributed by atoms with Crippen molar-refractivity contribution in [3.05, 3.63) is 40.1 Å². The first-order chi connectivity index (χ1) is 13.6. The third-order valence-electron chi connectivity index (χ3n) is 5.80. The highest BCUT2D eigenvalue weighted by atomic mass is 16.5. The standard InChI is InChI=1S/C21H26N4O3/c1-4-13(5-2)19-22-12-17-20(26)23-15-10-14(21(27)24-8-6-7-9-24)18(28-3)11-16(15)25(17)19/h10-13H,4-9H2,1-3H3,(H,23,26). The molecule has 148 valence electrons. The van der Waals surface area contributed by atoms with Crippen LogP contribution in [0.5, 0.6) is 5.75 Å². The minimum absolute atomic E-state index is 0.0527. The van der Waals surface area contributed by atoms with Crippen molar-refractivity contribution < 1.29 is 9.53 Å². The molecule has 0 radical (unpaired) electrons. The second-order valence-electron chi connectivity index (χ2n) is 7.37. The molecule has 0 unspecified atom stereocenters. The quantitative estimate of drug-likeness (QED) is 0.734. The normalized spacial score (nSPS) is 14.5. The molecule has 1 saturated heterocycles. The molecule has 3 heterocycles. The van der Waals surface area contributed by atoms with Crippen LogP contribution in [0.2, 0.25) is 0 Å². The predicted molar refractivity (Wildman–Crippen MR) is 108 cm³/mol. The SMILES string of the molecule is CCC(CC)c1ncc2c(=O)[nH]c3cc(C(=O)N4CCCC4)c(OC)cc3n12. The number of aromatic amines is 1. The van der Waals surface area contributed by atoms with E-state index in [0.717, 1.165) is 50.1 Å². The highest BCUT2D eigenvalue weighted by molar-refractivity contribution is 6.00. The number of benzene rings is 1. The fourth-order valence-electron chi connectivity index (χ4n) is 4.19. The highest BCUT2D eigenvalue weighted by Gasteiger charge is 2.24. The Balaban J connectivity index is 1.97. The van der Waals surface area contributed by atoms with Gasteiger partial charge in [-0.05, 0) is 31.7 Å². The molecule has 1 N–H and O–H groups in total. The van der Waals surface area contributed by atoms with E-state index in [2.05, 4.69) is 23.8 Å². The lowest BCUT2D eigenvalue weighted by molar-refractivity contribution is 0.0789.